The summed E-state index contributed by atoms with van der Waals surface area (Å²) in [6, 6.07) is 9.86. The number of hydrogen-bond acceptors (Lipinski definition) is 3. The molecule has 0 amide bonds. The lowest BCUT2D eigenvalue weighted by molar-refractivity contribution is 0.205. The summed E-state index contributed by atoms with van der Waals surface area (Å²) in [4.78, 5) is 4.30. The van der Waals surface area contributed by atoms with Gasteiger partial charge in [-0.3, -0.25) is 5.10 Å². The van der Waals surface area contributed by atoms with Crippen molar-refractivity contribution >= 4 is 0 Å². The van der Waals surface area contributed by atoms with E-state index in [0.717, 1.165) is 29.8 Å². The van der Waals surface area contributed by atoms with Crippen LogP contribution in [-0.2, 0) is 6.54 Å². The van der Waals surface area contributed by atoms with Crippen LogP contribution in [0.1, 0.15) is 30.8 Å². The molecule has 1 unspecified atom stereocenters. The maximum Gasteiger partial charge on any atom is 0.142 e. The average molecular weight is 282 g/mol. The molecule has 108 valence electrons. The normalized spacial score (nSPS) is 12.5. The predicted molar refractivity (Wildman–Crippen MR) is 80.6 cm³/mol. The Labute approximate surface area is 123 Å². The Bertz CT molecular complexity index is 702. The Hall–Kier alpha value is -2.40. The molecule has 2 aromatic heterocycles. The molecule has 0 aliphatic carbocycles. The first-order valence-electron chi connectivity index (χ1n) is 7.09. The minimum Gasteiger partial charge on any atom is -0.380 e. The van der Waals surface area contributed by atoms with Gasteiger partial charge >= 0.3 is 0 Å². The second-order valence-corrected chi connectivity index (χ2v) is 4.95. The van der Waals surface area contributed by atoms with Crippen LogP contribution < -0.4 is 0 Å². The van der Waals surface area contributed by atoms with Crippen molar-refractivity contribution in [1.29, 1.82) is 0 Å². The van der Waals surface area contributed by atoms with Gasteiger partial charge in [0.25, 0.3) is 0 Å². The van der Waals surface area contributed by atoms with Gasteiger partial charge in [0.15, 0.2) is 0 Å². The quantitative estimate of drug-likeness (QED) is 0.756. The summed E-state index contributed by atoms with van der Waals surface area (Å²) in [6.07, 6.45) is 5.48. The highest BCUT2D eigenvalue weighted by atomic mass is 16.3. The first-order valence-corrected chi connectivity index (χ1v) is 7.09. The number of aromatic nitrogens is 4. The number of hydrogen-bond donors (Lipinski definition) is 2. The van der Waals surface area contributed by atoms with Gasteiger partial charge in [0.1, 0.15) is 11.9 Å². The molecule has 1 aromatic carbocycles. The maximum atomic E-state index is 10.7. The monoisotopic (exact) mass is 282 g/mol. The highest BCUT2D eigenvalue weighted by Gasteiger charge is 2.21. The van der Waals surface area contributed by atoms with Gasteiger partial charge < -0.3 is 9.67 Å². The lowest BCUT2D eigenvalue weighted by Crippen LogP contribution is -2.10. The van der Waals surface area contributed by atoms with E-state index >= 15 is 0 Å². The topological polar surface area (TPSA) is 66.7 Å². The van der Waals surface area contributed by atoms with Gasteiger partial charge in [-0.25, -0.2) is 4.98 Å². The van der Waals surface area contributed by atoms with Crippen molar-refractivity contribution < 1.29 is 5.11 Å². The molecule has 0 aliphatic heterocycles. The van der Waals surface area contributed by atoms with Gasteiger partial charge in [-0.05, 0) is 12.0 Å². The molecule has 0 bridgehead atoms. The Morgan fingerprint density at radius 1 is 1.29 bits per heavy atom. The Kier molecular flexibility index (Phi) is 3.83. The zero-order valence-corrected chi connectivity index (χ0v) is 11.9. The van der Waals surface area contributed by atoms with E-state index in [4.69, 9.17) is 0 Å². The van der Waals surface area contributed by atoms with Crippen molar-refractivity contribution in [2.45, 2.75) is 26.0 Å². The Morgan fingerprint density at radius 3 is 2.86 bits per heavy atom. The summed E-state index contributed by atoms with van der Waals surface area (Å²) in [5.74, 6) is 0.649. The van der Waals surface area contributed by atoms with Crippen molar-refractivity contribution in [3.8, 4) is 11.3 Å². The van der Waals surface area contributed by atoms with Crippen LogP contribution in [0.15, 0.2) is 48.9 Å². The van der Waals surface area contributed by atoms with Gasteiger partial charge in [0.05, 0.1) is 11.9 Å². The largest absolute Gasteiger partial charge is 0.380 e. The van der Waals surface area contributed by atoms with Crippen LogP contribution in [0.25, 0.3) is 11.3 Å². The predicted octanol–water partition coefficient (Wildman–Crippen LogP) is 2.76. The molecule has 5 heteroatoms. The lowest BCUT2D eigenvalue weighted by atomic mass is 10.0. The summed E-state index contributed by atoms with van der Waals surface area (Å²) in [5.41, 5.74) is 2.57. The number of imidazole rings is 1. The van der Waals surface area contributed by atoms with E-state index in [9.17, 15) is 5.11 Å². The summed E-state index contributed by atoms with van der Waals surface area (Å²) >= 11 is 0. The summed E-state index contributed by atoms with van der Waals surface area (Å²) in [6.45, 7) is 2.94. The molecule has 0 radical (unpaired) electrons. The number of H-pyrrole nitrogens is 1. The zero-order valence-electron chi connectivity index (χ0n) is 11.9. The van der Waals surface area contributed by atoms with Crippen molar-refractivity contribution in [3.63, 3.8) is 0 Å². The van der Waals surface area contributed by atoms with Crippen LogP contribution in [0.5, 0.6) is 0 Å². The third-order valence-electron chi connectivity index (χ3n) is 3.48. The highest BCUT2D eigenvalue weighted by Crippen LogP contribution is 2.29. The molecule has 1 atom stereocenters. The fraction of sp³-hybridized carbons (Fsp3) is 0.250. The van der Waals surface area contributed by atoms with E-state index in [0.29, 0.717) is 5.82 Å². The summed E-state index contributed by atoms with van der Waals surface area (Å²) in [5, 5.41) is 17.7. The highest BCUT2D eigenvalue weighted by molar-refractivity contribution is 5.63. The van der Waals surface area contributed by atoms with Crippen LogP contribution >= 0.6 is 0 Å². The number of aliphatic hydroxyl groups is 1. The van der Waals surface area contributed by atoms with Gasteiger partial charge in [-0.15, -0.1) is 0 Å². The zero-order chi connectivity index (χ0) is 14.7. The number of benzene rings is 1. The third kappa shape index (κ3) is 2.60. The summed E-state index contributed by atoms with van der Waals surface area (Å²) in [7, 11) is 0. The van der Waals surface area contributed by atoms with Crippen molar-refractivity contribution in [3.05, 3.63) is 60.3 Å². The number of aliphatic hydroxyl groups excluding tert-OH is 1. The average Bonchev–Trinajstić information content (AvgIpc) is 3.17. The van der Waals surface area contributed by atoms with E-state index in [2.05, 4.69) is 22.1 Å². The SMILES string of the molecule is CCCn1ccnc1C(O)c1cn[nH]c1-c1ccccc1. The van der Waals surface area contributed by atoms with Crippen molar-refractivity contribution in [1.82, 2.24) is 19.7 Å². The first-order chi connectivity index (χ1) is 10.3. The second kappa shape index (κ2) is 5.93. The number of rotatable bonds is 5. The second-order valence-electron chi connectivity index (χ2n) is 4.95. The number of nitrogens with zero attached hydrogens (tertiary/aromatic N) is 3. The standard InChI is InChI=1S/C16H18N4O/c1-2-9-20-10-8-17-16(20)15(21)13-11-18-19-14(13)12-6-4-3-5-7-12/h3-8,10-11,15,21H,2,9H2,1H3,(H,18,19). The van der Waals surface area contributed by atoms with Crippen LogP contribution in [0.4, 0.5) is 0 Å². The third-order valence-corrected chi connectivity index (χ3v) is 3.48. The lowest BCUT2D eigenvalue weighted by Gasteiger charge is -2.13. The molecule has 0 fully saturated rings. The smallest absolute Gasteiger partial charge is 0.142 e. The van der Waals surface area contributed by atoms with Crippen molar-refractivity contribution in [2.75, 3.05) is 0 Å². The molecule has 0 aliphatic rings. The van der Waals surface area contributed by atoms with Gasteiger partial charge in [-0.1, -0.05) is 37.3 Å². The fourth-order valence-electron chi connectivity index (χ4n) is 2.48. The van der Waals surface area contributed by atoms with E-state index in [-0.39, 0.29) is 0 Å². The minimum absolute atomic E-state index is 0.649. The molecule has 0 saturated carbocycles. The molecule has 21 heavy (non-hydrogen) atoms. The number of aromatic amines is 1. The van der Waals surface area contributed by atoms with Crippen molar-refractivity contribution in [2.24, 2.45) is 0 Å². The first kappa shape index (κ1) is 13.6. The Balaban J connectivity index is 1.98. The van der Waals surface area contributed by atoms with E-state index in [1.54, 1.807) is 12.4 Å². The molecule has 2 heterocycles. The minimum atomic E-state index is -0.791. The molecule has 0 saturated heterocycles. The summed E-state index contributed by atoms with van der Waals surface area (Å²) < 4.78 is 1.98. The van der Waals surface area contributed by atoms with Crippen LogP contribution in [0.3, 0.4) is 0 Å². The van der Waals surface area contributed by atoms with Gasteiger partial charge in [0, 0.05) is 24.5 Å². The number of aryl methyl sites for hydroxylation is 1. The van der Waals surface area contributed by atoms with Crippen LogP contribution in [-0.4, -0.2) is 24.9 Å². The molecule has 0 spiro atoms. The maximum absolute atomic E-state index is 10.7. The van der Waals surface area contributed by atoms with Gasteiger partial charge in [-0.2, -0.15) is 5.10 Å². The van der Waals surface area contributed by atoms with Crippen LogP contribution in [0, 0.1) is 0 Å². The molecule has 2 N–H and O–H groups in total. The van der Waals surface area contributed by atoms with E-state index in [1.807, 2.05) is 41.1 Å². The van der Waals surface area contributed by atoms with E-state index < -0.39 is 6.10 Å². The van der Waals surface area contributed by atoms with Crippen LogP contribution in [0.2, 0.25) is 0 Å². The van der Waals surface area contributed by atoms with Gasteiger partial charge in [0.2, 0.25) is 0 Å². The molecule has 5 nitrogen and oxygen atoms in total. The fourth-order valence-corrected chi connectivity index (χ4v) is 2.48. The molecule has 3 rings (SSSR count). The number of nitrogens with one attached hydrogen (secondary N) is 1. The molecule has 3 aromatic rings. The van der Waals surface area contributed by atoms with E-state index in [1.165, 1.54) is 0 Å². The molecular weight excluding hydrogens is 264 g/mol. The Morgan fingerprint density at radius 2 is 2.10 bits per heavy atom. The molecular formula is C16H18N4O.